The molecule has 0 bridgehead atoms. The van der Waals surface area contributed by atoms with Crippen LogP contribution in [0.15, 0.2) is 4.60 Å². The van der Waals surface area contributed by atoms with Crippen molar-refractivity contribution in [3.63, 3.8) is 0 Å². The van der Waals surface area contributed by atoms with Crippen LogP contribution in [0.3, 0.4) is 0 Å². The third-order valence-electron chi connectivity index (χ3n) is 0.824. The van der Waals surface area contributed by atoms with E-state index >= 15 is 0 Å². The Morgan fingerprint density at radius 3 is 2.67 bits per heavy atom. The van der Waals surface area contributed by atoms with Gasteiger partial charge in [-0.05, 0) is 15.9 Å². The van der Waals surface area contributed by atoms with Crippen molar-refractivity contribution in [3.8, 4) is 0 Å². The second-order valence-electron chi connectivity index (χ2n) is 1.51. The van der Waals surface area contributed by atoms with Gasteiger partial charge in [0.05, 0.1) is 0 Å². The summed E-state index contributed by atoms with van der Waals surface area (Å²) in [6.45, 7) is 0. The third kappa shape index (κ3) is 1.40. The van der Waals surface area contributed by atoms with Gasteiger partial charge >= 0.3 is 0 Å². The molecule has 0 aliphatic carbocycles. The van der Waals surface area contributed by atoms with Crippen molar-refractivity contribution in [2.24, 2.45) is 0 Å². The van der Waals surface area contributed by atoms with Crippen molar-refractivity contribution in [1.82, 2.24) is 4.98 Å². The van der Waals surface area contributed by atoms with Gasteiger partial charge in [-0.3, -0.25) is 4.79 Å². The summed E-state index contributed by atoms with van der Waals surface area (Å²) in [5, 5.41) is 0. The average Bonchev–Trinajstić information content (AvgIpc) is 2.10. The Morgan fingerprint density at radius 2 is 2.44 bits per heavy atom. The topological polar surface area (TPSA) is 30.0 Å². The summed E-state index contributed by atoms with van der Waals surface area (Å²) in [5.74, 6) is 0. The Balaban J connectivity index is 3.15. The first kappa shape index (κ1) is 6.96. The van der Waals surface area contributed by atoms with E-state index in [0.29, 0.717) is 9.48 Å². The molecule has 1 aromatic rings. The van der Waals surface area contributed by atoms with Crippen LogP contribution in [-0.2, 0) is 0 Å². The van der Waals surface area contributed by atoms with Crippen LogP contribution in [0.2, 0.25) is 0 Å². The first-order valence-corrected chi connectivity index (χ1v) is 3.93. The SMILES string of the molecule is Bc1nc(Br)c(C=O)s1. The minimum absolute atomic E-state index is 0.653. The highest BCUT2D eigenvalue weighted by atomic mass is 79.9. The van der Waals surface area contributed by atoms with Crippen LogP contribution in [0, 0.1) is 0 Å². The first-order chi connectivity index (χ1) is 4.24. The summed E-state index contributed by atoms with van der Waals surface area (Å²) >= 11 is 4.53. The molecule has 9 heavy (non-hydrogen) atoms. The highest BCUT2D eigenvalue weighted by Gasteiger charge is 2.02. The predicted molar refractivity (Wildman–Crippen MR) is 43.4 cm³/mol. The van der Waals surface area contributed by atoms with Crippen LogP contribution >= 0.6 is 27.3 Å². The van der Waals surface area contributed by atoms with Gasteiger partial charge in [0.2, 0.25) is 0 Å². The van der Waals surface area contributed by atoms with Gasteiger partial charge in [0, 0.05) is 4.91 Å². The van der Waals surface area contributed by atoms with Crippen molar-refractivity contribution >= 4 is 46.3 Å². The quantitative estimate of drug-likeness (QED) is 0.475. The normalized spacial score (nSPS) is 9.44. The molecule has 0 aliphatic heterocycles. The average molecular weight is 204 g/mol. The standard InChI is InChI=1S/C4H3BBrNOS/c5-4-7-3(6)2(1-8)9-4/h1H,5H2. The fourth-order valence-corrected chi connectivity index (χ4v) is 1.84. The zero-order valence-corrected chi connectivity index (χ0v) is 7.12. The van der Waals surface area contributed by atoms with Gasteiger partial charge < -0.3 is 0 Å². The van der Waals surface area contributed by atoms with Crippen LogP contribution in [0.5, 0.6) is 0 Å². The Bertz CT molecular complexity index is 236. The third-order valence-corrected chi connectivity index (χ3v) is 2.59. The van der Waals surface area contributed by atoms with Crippen molar-refractivity contribution < 1.29 is 4.79 Å². The predicted octanol–water partition coefficient (Wildman–Crippen LogP) is -0.0235. The summed E-state index contributed by atoms with van der Waals surface area (Å²) < 4.78 is 0.653. The maximum Gasteiger partial charge on any atom is 0.177 e. The van der Waals surface area contributed by atoms with Crippen LogP contribution in [0.4, 0.5) is 0 Å². The molecule has 46 valence electrons. The lowest BCUT2D eigenvalue weighted by Crippen LogP contribution is -1.96. The minimum Gasteiger partial charge on any atom is -0.297 e. The van der Waals surface area contributed by atoms with Gasteiger partial charge in [-0.2, -0.15) is 0 Å². The van der Waals surface area contributed by atoms with Crippen LogP contribution in [-0.4, -0.2) is 19.1 Å². The summed E-state index contributed by atoms with van der Waals surface area (Å²) in [5.41, 5.74) is 0. The van der Waals surface area contributed by atoms with Crippen LogP contribution in [0.25, 0.3) is 0 Å². The lowest BCUT2D eigenvalue weighted by Gasteiger charge is -1.74. The van der Waals surface area contributed by atoms with Crippen molar-refractivity contribution in [2.45, 2.75) is 0 Å². The van der Waals surface area contributed by atoms with E-state index < -0.39 is 0 Å². The fourth-order valence-electron chi connectivity index (χ4n) is 0.490. The number of aldehydes is 1. The fraction of sp³-hybridized carbons (Fsp3) is 0. The number of rotatable bonds is 1. The molecule has 0 aromatic carbocycles. The van der Waals surface area contributed by atoms with Gasteiger partial charge in [-0.15, -0.1) is 11.3 Å². The number of hydrogen-bond acceptors (Lipinski definition) is 3. The monoisotopic (exact) mass is 203 g/mol. The summed E-state index contributed by atoms with van der Waals surface area (Å²) in [7, 11) is 1.86. The summed E-state index contributed by atoms with van der Waals surface area (Å²) in [4.78, 5) is 15.7. The molecule has 0 saturated carbocycles. The van der Waals surface area contributed by atoms with Crippen LogP contribution < -0.4 is 4.91 Å². The molecule has 5 heteroatoms. The Hall–Kier alpha value is -0.155. The number of thiazole rings is 1. The molecule has 2 nitrogen and oxygen atoms in total. The number of aromatic nitrogens is 1. The second kappa shape index (κ2) is 2.62. The molecule has 0 amide bonds. The van der Waals surface area contributed by atoms with Crippen LogP contribution in [0.1, 0.15) is 9.67 Å². The van der Waals surface area contributed by atoms with E-state index in [0.717, 1.165) is 11.2 Å². The molecule has 1 heterocycles. The largest absolute Gasteiger partial charge is 0.297 e. The summed E-state index contributed by atoms with van der Waals surface area (Å²) in [6, 6.07) is 0. The van der Waals surface area contributed by atoms with Gasteiger partial charge in [0.15, 0.2) is 14.1 Å². The highest BCUT2D eigenvalue weighted by molar-refractivity contribution is 9.10. The minimum atomic E-state index is 0.653. The molecular weight excluding hydrogens is 201 g/mol. The van der Waals surface area contributed by atoms with Gasteiger partial charge in [-0.25, -0.2) is 4.98 Å². The highest BCUT2D eigenvalue weighted by Crippen LogP contribution is 2.13. The van der Waals surface area contributed by atoms with Gasteiger partial charge in [0.25, 0.3) is 0 Å². The number of hydrogen-bond donors (Lipinski definition) is 0. The lowest BCUT2D eigenvalue weighted by molar-refractivity contribution is 0.112. The Kier molecular flexibility index (Phi) is 2.03. The molecule has 0 atom stereocenters. The van der Waals surface area contributed by atoms with Gasteiger partial charge in [0.1, 0.15) is 9.48 Å². The lowest BCUT2D eigenvalue weighted by atomic mass is 10.2. The molecule has 0 saturated heterocycles. The second-order valence-corrected chi connectivity index (χ2v) is 3.49. The van der Waals surface area contributed by atoms with E-state index in [1.165, 1.54) is 11.3 Å². The molecular formula is C4H3BBrNOS. The van der Waals surface area contributed by atoms with E-state index in [9.17, 15) is 4.79 Å². The Morgan fingerprint density at radius 1 is 1.78 bits per heavy atom. The van der Waals surface area contributed by atoms with Crippen molar-refractivity contribution in [1.29, 1.82) is 0 Å². The first-order valence-electron chi connectivity index (χ1n) is 2.32. The molecule has 1 aromatic heterocycles. The van der Waals surface area contributed by atoms with Crippen molar-refractivity contribution in [3.05, 3.63) is 9.48 Å². The van der Waals surface area contributed by atoms with Crippen molar-refractivity contribution in [2.75, 3.05) is 0 Å². The molecule has 1 rings (SSSR count). The number of carbonyl (C=O) groups is 1. The Labute approximate surface area is 65.8 Å². The molecule has 0 radical (unpaired) electrons. The number of carbonyl (C=O) groups excluding carboxylic acids is 1. The van der Waals surface area contributed by atoms with E-state index in [1.54, 1.807) is 0 Å². The molecule has 0 aliphatic rings. The van der Waals surface area contributed by atoms with E-state index in [2.05, 4.69) is 20.9 Å². The number of nitrogens with zero attached hydrogens (tertiary/aromatic N) is 1. The van der Waals surface area contributed by atoms with E-state index in [4.69, 9.17) is 0 Å². The molecule has 0 unspecified atom stereocenters. The van der Waals surface area contributed by atoms with E-state index in [1.807, 2.05) is 7.85 Å². The maximum atomic E-state index is 10.2. The zero-order valence-electron chi connectivity index (χ0n) is 4.72. The van der Waals surface area contributed by atoms with Gasteiger partial charge in [-0.1, -0.05) is 0 Å². The summed E-state index contributed by atoms with van der Waals surface area (Å²) in [6.07, 6.45) is 0.800. The smallest absolute Gasteiger partial charge is 0.177 e. The molecule has 0 N–H and O–H groups in total. The van der Waals surface area contributed by atoms with E-state index in [-0.39, 0.29) is 0 Å². The number of halogens is 1. The maximum absolute atomic E-state index is 10.2. The molecule has 0 spiro atoms. The zero-order chi connectivity index (χ0) is 6.85. The molecule has 0 fully saturated rings.